The molecule has 0 saturated carbocycles. The summed E-state index contributed by atoms with van der Waals surface area (Å²) in [5, 5.41) is 0. The van der Waals surface area contributed by atoms with E-state index in [0.29, 0.717) is 0 Å². The summed E-state index contributed by atoms with van der Waals surface area (Å²) in [5.41, 5.74) is 9.51. The van der Waals surface area contributed by atoms with E-state index in [1.54, 1.807) is 0 Å². The average Bonchev–Trinajstić information content (AvgIpc) is 2.24. The van der Waals surface area contributed by atoms with Crippen LogP contribution in [0.2, 0.25) is 0 Å². The Morgan fingerprint density at radius 1 is 1.20 bits per heavy atom. The van der Waals surface area contributed by atoms with E-state index < -0.39 is 0 Å². The summed E-state index contributed by atoms with van der Waals surface area (Å²) in [6, 6.07) is 4.22. The van der Waals surface area contributed by atoms with Crippen molar-refractivity contribution in [2.75, 3.05) is 13.2 Å². The summed E-state index contributed by atoms with van der Waals surface area (Å²) in [7, 11) is 0. The second-order valence-corrected chi connectivity index (χ2v) is 3.80. The van der Waals surface area contributed by atoms with Gasteiger partial charge in [-0.1, -0.05) is 6.07 Å². The van der Waals surface area contributed by atoms with Crippen molar-refractivity contribution in [2.45, 2.75) is 33.6 Å². The maximum Gasteiger partial charge on any atom is 0.122 e. The highest BCUT2D eigenvalue weighted by molar-refractivity contribution is 5.43. The summed E-state index contributed by atoms with van der Waals surface area (Å²) in [6.45, 7) is 7.77. The fourth-order valence-electron chi connectivity index (χ4n) is 1.73. The van der Waals surface area contributed by atoms with Crippen molar-refractivity contribution >= 4 is 0 Å². The molecule has 15 heavy (non-hydrogen) atoms. The third-order valence-electron chi connectivity index (χ3n) is 2.80. The third-order valence-corrected chi connectivity index (χ3v) is 2.80. The summed E-state index contributed by atoms with van der Waals surface area (Å²) < 4.78 is 5.55. The first-order valence-electron chi connectivity index (χ1n) is 5.62. The van der Waals surface area contributed by atoms with Gasteiger partial charge in [-0.2, -0.15) is 0 Å². The lowest BCUT2D eigenvalue weighted by Gasteiger charge is -2.13. The van der Waals surface area contributed by atoms with Gasteiger partial charge in [0, 0.05) is 0 Å². The molecule has 2 heteroatoms. The first-order chi connectivity index (χ1) is 7.20. The largest absolute Gasteiger partial charge is 0.494 e. The normalized spacial score (nSPS) is 10.4. The van der Waals surface area contributed by atoms with E-state index >= 15 is 0 Å². The first-order valence-corrected chi connectivity index (χ1v) is 5.62. The molecule has 0 atom stereocenters. The zero-order chi connectivity index (χ0) is 11.3. The molecule has 2 nitrogen and oxygen atoms in total. The topological polar surface area (TPSA) is 35.2 Å². The SMILES string of the molecule is CCOc1ccc(CCCN)c(C)c1C. The molecule has 0 aliphatic rings. The number of ether oxygens (including phenoxy) is 1. The van der Waals surface area contributed by atoms with Gasteiger partial charge in [-0.15, -0.1) is 0 Å². The molecule has 1 aromatic rings. The van der Waals surface area contributed by atoms with E-state index in [9.17, 15) is 0 Å². The molecule has 2 N–H and O–H groups in total. The molecule has 0 aliphatic carbocycles. The van der Waals surface area contributed by atoms with Crippen LogP contribution in [-0.2, 0) is 6.42 Å². The zero-order valence-electron chi connectivity index (χ0n) is 9.97. The smallest absolute Gasteiger partial charge is 0.122 e. The lowest BCUT2D eigenvalue weighted by atomic mass is 9.99. The van der Waals surface area contributed by atoms with Crippen LogP contribution in [0.4, 0.5) is 0 Å². The molecule has 84 valence electrons. The van der Waals surface area contributed by atoms with E-state index in [4.69, 9.17) is 10.5 Å². The van der Waals surface area contributed by atoms with Crippen molar-refractivity contribution in [1.29, 1.82) is 0 Å². The van der Waals surface area contributed by atoms with Gasteiger partial charge in [-0.05, 0) is 62.9 Å². The standard InChI is InChI=1S/C13H21NO/c1-4-15-13-8-7-12(6-5-9-14)10(2)11(13)3/h7-8H,4-6,9,14H2,1-3H3. The molecule has 1 rings (SSSR count). The monoisotopic (exact) mass is 207 g/mol. The molecule has 0 heterocycles. The number of benzene rings is 1. The van der Waals surface area contributed by atoms with Crippen molar-refractivity contribution in [3.63, 3.8) is 0 Å². The fourth-order valence-corrected chi connectivity index (χ4v) is 1.73. The molecule has 0 aromatic heterocycles. The Hall–Kier alpha value is -1.02. The molecule has 0 aliphatic heterocycles. The summed E-state index contributed by atoms with van der Waals surface area (Å²) >= 11 is 0. The van der Waals surface area contributed by atoms with Gasteiger partial charge in [0.2, 0.25) is 0 Å². The quantitative estimate of drug-likeness (QED) is 0.805. The molecular formula is C13H21NO. The van der Waals surface area contributed by atoms with E-state index in [-0.39, 0.29) is 0 Å². The maximum atomic E-state index is 5.55. The second kappa shape index (κ2) is 5.76. The predicted molar refractivity (Wildman–Crippen MR) is 64.5 cm³/mol. The molecule has 0 unspecified atom stereocenters. The summed E-state index contributed by atoms with van der Waals surface area (Å²) in [5.74, 6) is 1.01. The second-order valence-electron chi connectivity index (χ2n) is 3.80. The highest BCUT2D eigenvalue weighted by Crippen LogP contribution is 2.24. The van der Waals surface area contributed by atoms with Crippen molar-refractivity contribution in [2.24, 2.45) is 5.73 Å². The Kier molecular flexibility index (Phi) is 4.63. The summed E-state index contributed by atoms with van der Waals surface area (Å²) in [4.78, 5) is 0. The van der Waals surface area contributed by atoms with Crippen LogP contribution in [-0.4, -0.2) is 13.2 Å². The number of nitrogens with two attached hydrogens (primary N) is 1. The van der Waals surface area contributed by atoms with Crippen molar-refractivity contribution < 1.29 is 4.74 Å². The Morgan fingerprint density at radius 2 is 1.93 bits per heavy atom. The molecule has 0 bridgehead atoms. The van der Waals surface area contributed by atoms with Gasteiger partial charge >= 0.3 is 0 Å². The molecule has 1 aromatic carbocycles. The van der Waals surface area contributed by atoms with Crippen LogP contribution < -0.4 is 10.5 Å². The number of rotatable bonds is 5. The van der Waals surface area contributed by atoms with Crippen molar-refractivity contribution in [3.8, 4) is 5.75 Å². The Balaban J connectivity index is 2.88. The van der Waals surface area contributed by atoms with E-state index in [1.165, 1.54) is 16.7 Å². The fraction of sp³-hybridized carbons (Fsp3) is 0.538. The van der Waals surface area contributed by atoms with Gasteiger partial charge in [-0.3, -0.25) is 0 Å². The number of aryl methyl sites for hydroxylation is 1. The minimum atomic E-state index is 0.725. The van der Waals surface area contributed by atoms with Gasteiger partial charge < -0.3 is 10.5 Å². The van der Waals surface area contributed by atoms with Crippen LogP contribution in [0.5, 0.6) is 5.75 Å². The Morgan fingerprint density at radius 3 is 2.53 bits per heavy atom. The van der Waals surface area contributed by atoms with Crippen LogP contribution in [0, 0.1) is 13.8 Å². The first kappa shape index (κ1) is 12.1. The minimum Gasteiger partial charge on any atom is -0.494 e. The van der Waals surface area contributed by atoms with Gasteiger partial charge in [0.05, 0.1) is 6.61 Å². The highest BCUT2D eigenvalue weighted by Gasteiger charge is 2.06. The van der Waals surface area contributed by atoms with E-state index in [2.05, 4.69) is 26.0 Å². The molecule has 0 spiro atoms. The van der Waals surface area contributed by atoms with E-state index in [1.807, 2.05) is 6.92 Å². The average molecular weight is 207 g/mol. The van der Waals surface area contributed by atoms with Crippen LogP contribution in [0.3, 0.4) is 0 Å². The molecule has 0 fully saturated rings. The van der Waals surface area contributed by atoms with Crippen LogP contribution in [0.1, 0.15) is 30.0 Å². The number of hydrogen-bond acceptors (Lipinski definition) is 2. The minimum absolute atomic E-state index is 0.725. The lowest BCUT2D eigenvalue weighted by molar-refractivity contribution is 0.337. The van der Waals surface area contributed by atoms with Crippen LogP contribution in [0.15, 0.2) is 12.1 Å². The lowest BCUT2D eigenvalue weighted by Crippen LogP contribution is -2.03. The van der Waals surface area contributed by atoms with Crippen molar-refractivity contribution in [3.05, 3.63) is 28.8 Å². The Labute approximate surface area is 92.4 Å². The van der Waals surface area contributed by atoms with Gasteiger partial charge in [0.1, 0.15) is 5.75 Å². The Bertz CT molecular complexity index is 321. The predicted octanol–water partition coefficient (Wildman–Crippen LogP) is 2.59. The molecule has 0 saturated heterocycles. The molecule has 0 amide bonds. The van der Waals surface area contributed by atoms with Crippen LogP contribution in [0.25, 0.3) is 0 Å². The van der Waals surface area contributed by atoms with E-state index in [0.717, 1.165) is 31.7 Å². The summed E-state index contributed by atoms with van der Waals surface area (Å²) in [6.07, 6.45) is 2.11. The number of hydrogen-bond donors (Lipinski definition) is 1. The highest BCUT2D eigenvalue weighted by atomic mass is 16.5. The maximum absolute atomic E-state index is 5.55. The third kappa shape index (κ3) is 2.96. The zero-order valence-corrected chi connectivity index (χ0v) is 9.97. The molecule has 0 radical (unpaired) electrons. The van der Waals surface area contributed by atoms with Crippen LogP contribution >= 0.6 is 0 Å². The van der Waals surface area contributed by atoms with Gasteiger partial charge in [0.25, 0.3) is 0 Å². The molecular weight excluding hydrogens is 186 g/mol. The van der Waals surface area contributed by atoms with Gasteiger partial charge in [-0.25, -0.2) is 0 Å². The van der Waals surface area contributed by atoms with Crippen molar-refractivity contribution in [1.82, 2.24) is 0 Å². The van der Waals surface area contributed by atoms with Gasteiger partial charge in [0.15, 0.2) is 0 Å².